The Morgan fingerprint density at radius 1 is 0.500 bits per heavy atom. The van der Waals surface area contributed by atoms with Crippen LogP contribution >= 0.6 is 22.7 Å². The van der Waals surface area contributed by atoms with E-state index in [1.54, 1.807) is 83.4 Å². The summed E-state index contributed by atoms with van der Waals surface area (Å²) in [5.74, 6) is 1.02. The number of carbonyl (C=O) groups excluding carboxylic acids is 4. The lowest BCUT2D eigenvalue weighted by Crippen LogP contribution is -2.45. The summed E-state index contributed by atoms with van der Waals surface area (Å²) in [5, 5.41) is 0. The molecule has 0 N–H and O–H groups in total. The lowest BCUT2D eigenvalue weighted by molar-refractivity contribution is 0.0636. The van der Waals surface area contributed by atoms with E-state index >= 15 is 0 Å². The number of ether oxygens (including phenoxy) is 2. The number of ketones is 4. The maximum Gasteiger partial charge on any atom is 0.197 e. The molecule has 58 heavy (non-hydrogen) atoms. The Balaban J connectivity index is 0.957. The van der Waals surface area contributed by atoms with Crippen molar-refractivity contribution < 1.29 is 28.7 Å². The molecule has 286 valence electrons. The number of thiophene rings is 2. The van der Waals surface area contributed by atoms with Gasteiger partial charge < -0.3 is 9.47 Å². The second-order valence-corrected chi connectivity index (χ2v) is 19.2. The Morgan fingerprint density at radius 3 is 1.22 bits per heavy atom. The predicted molar refractivity (Wildman–Crippen MR) is 227 cm³/mol. The van der Waals surface area contributed by atoms with Crippen LogP contribution in [0, 0.1) is 11.8 Å². The summed E-state index contributed by atoms with van der Waals surface area (Å²) >= 11 is 3.19. The highest BCUT2D eigenvalue weighted by Gasteiger charge is 2.50. The average Bonchev–Trinajstić information content (AvgIpc) is 3.97. The highest BCUT2D eigenvalue weighted by Crippen LogP contribution is 2.60. The molecule has 2 unspecified atom stereocenters. The quantitative estimate of drug-likeness (QED) is 0.148. The second-order valence-electron chi connectivity index (χ2n) is 17.0. The average molecular weight is 799 g/mol. The zero-order chi connectivity index (χ0) is 38.9. The Morgan fingerprint density at radius 2 is 0.862 bits per heavy atom. The molecule has 0 saturated heterocycles. The van der Waals surface area contributed by atoms with E-state index in [0.29, 0.717) is 22.3 Å². The van der Waals surface area contributed by atoms with Gasteiger partial charge in [0.05, 0.1) is 20.9 Å². The molecule has 4 aromatic rings. The largest absolute Gasteiger partial charge is 0.481 e. The molecule has 2 fully saturated rings. The molecule has 0 amide bonds. The Labute approximate surface area is 344 Å². The van der Waals surface area contributed by atoms with Gasteiger partial charge in [-0.3, -0.25) is 19.2 Å². The third kappa shape index (κ3) is 4.94. The molecule has 12 rings (SSSR count). The van der Waals surface area contributed by atoms with Crippen LogP contribution in [0.15, 0.2) is 107 Å². The van der Waals surface area contributed by atoms with Gasteiger partial charge in [-0.25, -0.2) is 0 Å². The smallest absolute Gasteiger partial charge is 0.197 e. The molecule has 2 aromatic heterocycles. The van der Waals surface area contributed by atoms with Gasteiger partial charge in [0.2, 0.25) is 0 Å². The fourth-order valence-electron chi connectivity index (χ4n) is 10.9. The van der Waals surface area contributed by atoms with Crippen LogP contribution in [0.25, 0.3) is 23.3 Å². The van der Waals surface area contributed by atoms with Crippen molar-refractivity contribution in [1.82, 2.24) is 0 Å². The van der Waals surface area contributed by atoms with E-state index in [4.69, 9.17) is 9.47 Å². The topological polar surface area (TPSA) is 86.7 Å². The first kappa shape index (κ1) is 34.6. The van der Waals surface area contributed by atoms with Crippen LogP contribution in [0.5, 0.6) is 11.5 Å². The van der Waals surface area contributed by atoms with E-state index in [0.717, 1.165) is 82.4 Å². The standard InChI is InChI=1S/C50H38O6S2/c51-43-31-11-3-4-12-32(31)44(52)37(43)23-29-25-41-47(57-29)35-19-28-22-40-36(20-27(28)21-39(35)49(55-41)15-7-1-8-16-49)48-42(56-50(40)17-9-2-10-18-50)26-30(58-48)24-38-45(53)33-13-5-6-14-34(33)46(38)54/h3-6,11-14,19-28H,1-2,7-10,15-18H2. The molecule has 2 spiro atoms. The number of hydrogen-bond donors (Lipinski definition) is 0. The van der Waals surface area contributed by atoms with E-state index in [1.165, 1.54) is 35.1 Å². The van der Waals surface area contributed by atoms with Gasteiger partial charge in [0.15, 0.2) is 23.1 Å². The Kier molecular flexibility index (Phi) is 7.47. The third-order valence-corrected chi connectivity index (χ3v) is 15.9. The molecule has 4 heterocycles. The van der Waals surface area contributed by atoms with Crippen LogP contribution in [0.2, 0.25) is 0 Å². The van der Waals surface area contributed by atoms with Crippen molar-refractivity contribution >= 4 is 69.1 Å². The molecule has 2 atom stereocenters. The number of hydrogen-bond acceptors (Lipinski definition) is 8. The maximum absolute atomic E-state index is 13.4. The van der Waals surface area contributed by atoms with Gasteiger partial charge in [-0.1, -0.05) is 85.7 Å². The van der Waals surface area contributed by atoms with Gasteiger partial charge in [-0.2, -0.15) is 0 Å². The number of benzene rings is 2. The van der Waals surface area contributed by atoms with Crippen LogP contribution < -0.4 is 9.47 Å². The zero-order valence-corrected chi connectivity index (χ0v) is 33.4. The van der Waals surface area contributed by atoms with Gasteiger partial charge in [0.1, 0.15) is 22.7 Å². The molecule has 0 radical (unpaired) electrons. The van der Waals surface area contributed by atoms with Gasteiger partial charge in [-0.15, -0.1) is 22.7 Å². The molecule has 2 saturated carbocycles. The number of fused-ring (bicyclic) bond motifs is 11. The predicted octanol–water partition coefficient (Wildman–Crippen LogP) is 11.5. The summed E-state index contributed by atoms with van der Waals surface area (Å²) in [6.07, 6.45) is 23.9. The van der Waals surface area contributed by atoms with E-state index in [1.807, 2.05) is 12.1 Å². The van der Waals surface area contributed by atoms with Crippen molar-refractivity contribution in [1.29, 1.82) is 0 Å². The van der Waals surface area contributed by atoms with E-state index in [9.17, 15) is 19.2 Å². The molecular formula is C50H38O6S2. The maximum atomic E-state index is 13.4. The Bertz CT molecular complexity index is 2520. The van der Waals surface area contributed by atoms with E-state index < -0.39 is 11.2 Å². The first-order valence-corrected chi connectivity index (χ1v) is 22.3. The van der Waals surface area contributed by atoms with Crippen molar-refractivity contribution in [2.45, 2.75) is 75.4 Å². The van der Waals surface area contributed by atoms with Crippen molar-refractivity contribution in [3.8, 4) is 11.5 Å². The first-order chi connectivity index (χ1) is 28.3. The van der Waals surface area contributed by atoms with Crippen LogP contribution in [-0.4, -0.2) is 34.3 Å². The second kappa shape index (κ2) is 12.5. The molecule has 2 aliphatic heterocycles. The highest BCUT2D eigenvalue weighted by molar-refractivity contribution is 7.15. The fraction of sp³-hybridized carbons (Fsp3) is 0.280. The number of rotatable bonds is 2. The number of carbonyl (C=O) groups is 4. The minimum absolute atomic E-state index is 0.109. The van der Waals surface area contributed by atoms with Crippen molar-refractivity contribution in [3.63, 3.8) is 0 Å². The van der Waals surface area contributed by atoms with Crippen molar-refractivity contribution in [2.24, 2.45) is 11.8 Å². The van der Waals surface area contributed by atoms with Gasteiger partial charge in [-0.05, 0) is 86.8 Å². The first-order valence-electron chi connectivity index (χ1n) is 20.6. The van der Waals surface area contributed by atoms with E-state index in [2.05, 4.69) is 24.3 Å². The van der Waals surface area contributed by atoms with E-state index in [-0.39, 0.29) is 46.1 Å². The summed E-state index contributed by atoms with van der Waals surface area (Å²) < 4.78 is 14.2. The lowest BCUT2D eigenvalue weighted by atomic mass is 9.65. The molecule has 2 aromatic carbocycles. The van der Waals surface area contributed by atoms with Gasteiger partial charge in [0.25, 0.3) is 0 Å². The fourth-order valence-corrected chi connectivity index (χ4v) is 13.1. The lowest BCUT2D eigenvalue weighted by Gasteiger charge is -2.48. The molecule has 6 nitrogen and oxygen atoms in total. The number of Topliss-reactive ketones (excluding diaryl/α,β-unsaturated/α-hetero) is 4. The van der Waals surface area contributed by atoms with Crippen LogP contribution in [0.3, 0.4) is 0 Å². The Hall–Kier alpha value is -5.44. The summed E-state index contributed by atoms with van der Waals surface area (Å²) in [6.45, 7) is 0. The van der Waals surface area contributed by atoms with Crippen LogP contribution in [-0.2, 0) is 0 Å². The minimum atomic E-state index is -0.434. The zero-order valence-electron chi connectivity index (χ0n) is 31.7. The SMILES string of the molecule is O=C1C(=Cc2cc3c(s2)C2=CC4C=C5C(=CC4C=C2C2(CCCCC2)O3)c2sc(C=C3C(=O)c4ccccc4C3=O)cc2OC52CCCCC2)C(=O)c2ccccc21. The molecule has 8 heteroatoms. The molecule has 6 aliphatic carbocycles. The molecular weight excluding hydrogens is 761 g/mol. The number of allylic oxidation sites excluding steroid dienone is 6. The normalized spacial score (nSPS) is 24.2. The van der Waals surface area contributed by atoms with Crippen molar-refractivity contribution in [3.05, 3.63) is 149 Å². The van der Waals surface area contributed by atoms with Crippen molar-refractivity contribution in [2.75, 3.05) is 0 Å². The van der Waals surface area contributed by atoms with Crippen LogP contribution in [0.4, 0.5) is 0 Å². The summed E-state index contributed by atoms with van der Waals surface area (Å²) in [5.41, 5.74) is 6.37. The minimum Gasteiger partial charge on any atom is -0.481 e. The highest BCUT2D eigenvalue weighted by atomic mass is 32.1. The third-order valence-electron chi connectivity index (χ3n) is 13.7. The molecule has 8 aliphatic rings. The van der Waals surface area contributed by atoms with Gasteiger partial charge in [0, 0.05) is 55.0 Å². The monoisotopic (exact) mass is 798 g/mol. The summed E-state index contributed by atoms with van der Waals surface area (Å²) in [6, 6.07) is 18.2. The van der Waals surface area contributed by atoms with Gasteiger partial charge >= 0.3 is 0 Å². The van der Waals surface area contributed by atoms with Crippen LogP contribution in [0.1, 0.15) is 125 Å². The molecule has 0 bridgehead atoms. The summed E-state index contributed by atoms with van der Waals surface area (Å²) in [7, 11) is 0. The summed E-state index contributed by atoms with van der Waals surface area (Å²) in [4.78, 5) is 57.2.